The van der Waals surface area contributed by atoms with Crippen LogP contribution in [0.1, 0.15) is 6.42 Å². The van der Waals surface area contributed by atoms with Crippen LogP contribution in [-0.4, -0.2) is 15.8 Å². The highest BCUT2D eigenvalue weighted by Gasteiger charge is 2.11. The summed E-state index contributed by atoms with van der Waals surface area (Å²) in [7, 11) is 0. The number of nitrogens with one attached hydrogen (secondary N) is 2. The van der Waals surface area contributed by atoms with Gasteiger partial charge in [0.05, 0.1) is 11.0 Å². The van der Waals surface area contributed by atoms with Crippen molar-refractivity contribution in [1.29, 1.82) is 0 Å². The number of aromatic nitrogens is 2. The van der Waals surface area contributed by atoms with Gasteiger partial charge < -0.3 is 9.97 Å². The summed E-state index contributed by atoms with van der Waals surface area (Å²) in [5.41, 5.74) is 1.65. The van der Waals surface area contributed by atoms with Crippen molar-refractivity contribution < 1.29 is 4.79 Å². The van der Waals surface area contributed by atoms with Gasteiger partial charge in [-0.05, 0) is 30.3 Å². The first-order chi connectivity index (χ1) is 12.1. The molecular formula is C20H12N2O3. The van der Waals surface area contributed by atoms with Crippen molar-refractivity contribution in [1.82, 2.24) is 9.97 Å². The Morgan fingerprint density at radius 3 is 2.32 bits per heavy atom. The summed E-state index contributed by atoms with van der Waals surface area (Å²) in [5.74, 6) is -0.0856. The van der Waals surface area contributed by atoms with Gasteiger partial charge in [-0.1, -0.05) is 18.2 Å². The third kappa shape index (κ3) is 1.92. The third-order valence-electron chi connectivity index (χ3n) is 4.70. The molecule has 1 aliphatic carbocycles. The quantitative estimate of drug-likeness (QED) is 0.474. The van der Waals surface area contributed by atoms with Crippen LogP contribution < -0.4 is 21.4 Å². The maximum atomic E-state index is 12.8. The van der Waals surface area contributed by atoms with E-state index >= 15 is 0 Å². The zero-order valence-electron chi connectivity index (χ0n) is 13.1. The van der Waals surface area contributed by atoms with Crippen molar-refractivity contribution in [3.8, 4) is 0 Å². The van der Waals surface area contributed by atoms with Crippen LogP contribution in [0.3, 0.4) is 0 Å². The van der Waals surface area contributed by atoms with Gasteiger partial charge in [0.1, 0.15) is 0 Å². The van der Waals surface area contributed by atoms with Gasteiger partial charge in [0, 0.05) is 38.7 Å². The molecule has 25 heavy (non-hydrogen) atoms. The van der Waals surface area contributed by atoms with Crippen LogP contribution in [0.25, 0.3) is 44.9 Å². The molecule has 0 saturated carbocycles. The van der Waals surface area contributed by atoms with Gasteiger partial charge in [0.25, 0.3) is 0 Å². The molecule has 2 heterocycles. The Balaban J connectivity index is 2.03. The summed E-state index contributed by atoms with van der Waals surface area (Å²) in [6, 6.07) is 10.7. The molecule has 0 radical (unpaired) electrons. The Bertz CT molecular complexity index is 1470. The van der Waals surface area contributed by atoms with Crippen molar-refractivity contribution in [2.45, 2.75) is 6.42 Å². The Hall–Kier alpha value is -3.47. The molecular weight excluding hydrogens is 316 g/mol. The summed E-state index contributed by atoms with van der Waals surface area (Å²) in [5, 5.41) is 2.61. The molecule has 0 aliphatic heterocycles. The number of benzene rings is 2. The molecule has 2 aromatic carbocycles. The number of hydrogen-bond acceptors (Lipinski definition) is 3. The minimum absolute atomic E-state index is 0.0736. The summed E-state index contributed by atoms with van der Waals surface area (Å²) < 4.78 is 0. The van der Waals surface area contributed by atoms with Crippen LogP contribution in [0.4, 0.5) is 0 Å². The van der Waals surface area contributed by atoms with Gasteiger partial charge in [-0.25, -0.2) is 0 Å². The minimum atomic E-state index is -0.205. The predicted molar refractivity (Wildman–Crippen MR) is 98.0 cm³/mol. The number of pyridine rings is 2. The normalized spacial score (nSPS) is 13.7. The number of para-hydroxylation sites is 1. The van der Waals surface area contributed by atoms with Gasteiger partial charge in [-0.2, -0.15) is 0 Å². The van der Waals surface area contributed by atoms with Crippen LogP contribution in [0.5, 0.6) is 0 Å². The van der Waals surface area contributed by atoms with Crippen molar-refractivity contribution in [3.05, 3.63) is 67.4 Å². The van der Waals surface area contributed by atoms with Crippen molar-refractivity contribution in [2.75, 3.05) is 0 Å². The predicted octanol–water partition coefficient (Wildman–Crippen LogP) is 1.06. The van der Waals surface area contributed by atoms with Gasteiger partial charge in [-0.3, -0.25) is 14.4 Å². The topological polar surface area (TPSA) is 82.8 Å². The number of H-pyrrole nitrogens is 2. The lowest BCUT2D eigenvalue weighted by molar-refractivity contribution is -0.112. The molecule has 0 unspecified atom stereocenters. The van der Waals surface area contributed by atoms with Crippen LogP contribution in [0.15, 0.2) is 46.0 Å². The van der Waals surface area contributed by atoms with Crippen LogP contribution in [0, 0.1) is 0 Å². The van der Waals surface area contributed by atoms with E-state index in [1.54, 1.807) is 24.3 Å². The molecule has 0 amide bonds. The first-order valence-electron chi connectivity index (χ1n) is 7.97. The number of carbonyl (C=O) groups is 1. The Labute approximate surface area is 139 Å². The highest BCUT2D eigenvalue weighted by molar-refractivity contribution is 6.09. The molecule has 0 saturated heterocycles. The van der Waals surface area contributed by atoms with E-state index in [1.165, 1.54) is 6.08 Å². The maximum absolute atomic E-state index is 12.8. The fraction of sp³-hybridized carbons (Fsp3) is 0.0500. The van der Waals surface area contributed by atoms with Crippen LogP contribution in [-0.2, 0) is 4.79 Å². The maximum Gasteiger partial charge on any atom is 0.197 e. The average molecular weight is 328 g/mol. The Morgan fingerprint density at radius 1 is 0.760 bits per heavy atom. The Kier molecular flexibility index (Phi) is 2.65. The molecule has 5 rings (SSSR count). The SMILES string of the molecule is O=C1C=c2c([nH]c3cc4c(=O)c5ccccc5[nH]c4cc3c2=O)=CC1. The average Bonchev–Trinajstić information content (AvgIpc) is 2.62. The lowest BCUT2D eigenvalue weighted by Gasteiger charge is -2.06. The standard InChI is InChI=1S/C20H12N2O3/c23-10-5-6-16-12(7-10)20(25)14-9-17-13(8-18(14)22-16)19(24)11-3-1-2-4-15(11)21-17/h1-4,6-9,22H,5H2,(H,21,24). The van der Waals surface area contributed by atoms with Crippen molar-refractivity contribution >= 4 is 50.6 Å². The largest absolute Gasteiger partial charge is 0.355 e. The molecule has 0 atom stereocenters. The van der Waals surface area contributed by atoms with E-state index in [0.717, 1.165) is 5.52 Å². The van der Waals surface area contributed by atoms with E-state index in [9.17, 15) is 14.4 Å². The number of carbonyl (C=O) groups excluding carboxylic acids is 1. The Morgan fingerprint density at radius 2 is 1.48 bits per heavy atom. The monoisotopic (exact) mass is 328 g/mol. The number of aromatic amines is 2. The van der Waals surface area contributed by atoms with E-state index < -0.39 is 0 Å². The zero-order valence-corrected chi connectivity index (χ0v) is 13.1. The van der Waals surface area contributed by atoms with Gasteiger partial charge in [0.15, 0.2) is 16.6 Å². The van der Waals surface area contributed by atoms with E-state index in [4.69, 9.17) is 0 Å². The molecule has 4 aromatic rings. The molecule has 1 aliphatic rings. The number of rotatable bonds is 0. The van der Waals surface area contributed by atoms with E-state index in [1.807, 2.05) is 18.2 Å². The zero-order chi connectivity index (χ0) is 17.1. The number of Topliss-reactive ketones (excluding diaryl/α,β-unsaturated/α-hetero) is 1. The molecule has 0 fully saturated rings. The third-order valence-corrected chi connectivity index (χ3v) is 4.70. The van der Waals surface area contributed by atoms with Gasteiger partial charge in [0.2, 0.25) is 0 Å². The summed E-state index contributed by atoms with van der Waals surface area (Å²) in [6.45, 7) is 0. The number of ketones is 1. The molecule has 0 spiro atoms. The molecule has 5 heteroatoms. The number of hydrogen-bond donors (Lipinski definition) is 2. The lowest BCUT2D eigenvalue weighted by Crippen LogP contribution is -2.43. The minimum Gasteiger partial charge on any atom is -0.355 e. The fourth-order valence-electron chi connectivity index (χ4n) is 3.47. The van der Waals surface area contributed by atoms with E-state index in [0.29, 0.717) is 37.8 Å². The summed E-state index contributed by atoms with van der Waals surface area (Å²) >= 11 is 0. The summed E-state index contributed by atoms with van der Waals surface area (Å²) in [6.07, 6.45) is 3.38. The highest BCUT2D eigenvalue weighted by atomic mass is 16.1. The smallest absolute Gasteiger partial charge is 0.197 e. The summed E-state index contributed by atoms with van der Waals surface area (Å²) in [4.78, 5) is 43.6. The molecule has 2 aromatic heterocycles. The van der Waals surface area contributed by atoms with Crippen molar-refractivity contribution in [2.24, 2.45) is 0 Å². The number of fused-ring (bicyclic) bond motifs is 4. The second kappa shape index (κ2) is 4.77. The van der Waals surface area contributed by atoms with Gasteiger partial charge in [-0.15, -0.1) is 0 Å². The first-order valence-corrected chi connectivity index (χ1v) is 7.97. The molecule has 0 bridgehead atoms. The molecule has 2 N–H and O–H groups in total. The van der Waals surface area contributed by atoms with Gasteiger partial charge >= 0.3 is 0 Å². The fourth-order valence-corrected chi connectivity index (χ4v) is 3.47. The van der Waals surface area contributed by atoms with E-state index in [-0.39, 0.29) is 23.1 Å². The molecule has 5 nitrogen and oxygen atoms in total. The second-order valence-corrected chi connectivity index (χ2v) is 6.24. The first kappa shape index (κ1) is 13.9. The second-order valence-electron chi connectivity index (χ2n) is 6.24. The van der Waals surface area contributed by atoms with E-state index in [2.05, 4.69) is 9.97 Å². The van der Waals surface area contributed by atoms with Crippen LogP contribution >= 0.6 is 0 Å². The molecule has 120 valence electrons. The van der Waals surface area contributed by atoms with Crippen molar-refractivity contribution in [3.63, 3.8) is 0 Å². The van der Waals surface area contributed by atoms with Crippen LogP contribution in [0.2, 0.25) is 0 Å². The highest BCUT2D eigenvalue weighted by Crippen LogP contribution is 2.18. The lowest BCUT2D eigenvalue weighted by atomic mass is 10.0.